The van der Waals surface area contributed by atoms with Crippen molar-refractivity contribution in [3.05, 3.63) is 200 Å². The largest absolute Gasteiger partial charge is 0.507 e. The van der Waals surface area contributed by atoms with E-state index in [9.17, 15) is 40.2 Å². The van der Waals surface area contributed by atoms with Crippen molar-refractivity contribution in [3.63, 3.8) is 0 Å². The fraction of sp³-hybridized carbons (Fsp3) is 0.0909. The zero-order valence-corrected chi connectivity index (χ0v) is 27.9. The van der Waals surface area contributed by atoms with Gasteiger partial charge in [0.15, 0.2) is 5.78 Å². The summed E-state index contributed by atoms with van der Waals surface area (Å²) in [5, 5.41) is 69.3. The van der Waals surface area contributed by atoms with E-state index < -0.39 is 62.6 Å². The summed E-state index contributed by atoms with van der Waals surface area (Å²) < 4.78 is 0. The highest BCUT2D eigenvalue weighted by molar-refractivity contribution is 6.42. The lowest BCUT2D eigenvalue weighted by Gasteiger charge is -2.29. The molecule has 0 spiro atoms. The van der Waals surface area contributed by atoms with Crippen molar-refractivity contribution in [2.24, 2.45) is 0 Å². The number of ketones is 2. The number of hydrogen-bond donors (Lipinski definition) is 6. The molecule has 0 aromatic heterocycles. The maximum Gasteiger partial charge on any atom is 0.202 e. The van der Waals surface area contributed by atoms with Crippen LogP contribution in [-0.2, 0) is 35.3 Å². The molecule has 0 heterocycles. The van der Waals surface area contributed by atoms with Crippen LogP contribution in [0.4, 0.5) is 0 Å². The minimum atomic E-state index is -0.917. The number of aromatic hydroxyl groups is 3. The van der Waals surface area contributed by atoms with Crippen LogP contribution >= 0.6 is 0 Å². The summed E-state index contributed by atoms with van der Waals surface area (Å²) in [6.45, 7) is 0. The predicted octanol–water partition coefficient (Wildman–Crippen LogP) is 7.83. The van der Waals surface area contributed by atoms with Gasteiger partial charge in [-0.25, -0.2) is 0 Å². The van der Waals surface area contributed by atoms with Crippen molar-refractivity contribution in [2.45, 2.75) is 25.7 Å². The van der Waals surface area contributed by atoms with Crippen LogP contribution in [0.25, 0.3) is 5.57 Å². The van der Waals surface area contributed by atoms with E-state index in [4.69, 9.17) is 0 Å². The van der Waals surface area contributed by atoms with Crippen LogP contribution in [-0.4, -0.2) is 42.2 Å². The molecule has 0 atom stereocenters. The van der Waals surface area contributed by atoms with Crippen LogP contribution in [0, 0.1) is 0 Å². The first kappa shape index (κ1) is 33.7. The first-order chi connectivity index (χ1) is 25.2. The highest BCUT2D eigenvalue weighted by Gasteiger charge is 2.46. The van der Waals surface area contributed by atoms with Crippen LogP contribution < -0.4 is 0 Å². The van der Waals surface area contributed by atoms with E-state index in [2.05, 4.69) is 0 Å². The van der Waals surface area contributed by atoms with Gasteiger partial charge >= 0.3 is 0 Å². The van der Waals surface area contributed by atoms with Crippen molar-refractivity contribution in [3.8, 4) is 17.2 Å². The molecule has 2 aliphatic carbocycles. The van der Waals surface area contributed by atoms with E-state index >= 15 is 0 Å². The lowest BCUT2D eigenvalue weighted by Crippen LogP contribution is -2.30. The Morgan fingerprint density at radius 2 is 0.712 bits per heavy atom. The molecular weight excluding hydrogens is 656 g/mol. The molecule has 0 saturated carbocycles. The minimum absolute atomic E-state index is 0.00102. The molecule has 2 aliphatic rings. The number of carbonyl (C=O) groups excluding carboxylic acids is 2. The number of phenolic OH excluding ortho intramolecular Hbond substituents is 3. The van der Waals surface area contributed by atoms with Crippen molar-refractivity contribution >= 4 is 17.1 Å². The zero-order valence-electron chi connectivity index (χ0n) is 27.9. The molecule has 6 N–H and O–H groups in total. The summed E-state index contributed by atoms with van der Waals surface area (Å²) in [7, 11) is 0. The van der Waals surface area contributed by atoms with E-state index in [0.717, 1.165) is 11.1 Å². The first-order valence-corrected chi connectivity index (χ1v) is 16.7. The Hall–Kier alpha value is -6.80. The number of rotatable bonds is 9. The predicted molar refractivity (Wildman–Crippen MR) is 196 cm³/mol. The number of phenols is 3. The highest BCUT2D eigenvalue weighted by Crippen LogP contribution is 2.52. The Balaban J connectivity index is 1.41. The average Bonchev–Trinajstić information content (AvgIpc) is 3.17. The van der Waals surface area contributed by atoms with Crippen molar-refractivity contribution in [1.82, 2.24) is 0 Å². The number of Topliss-reactive ketones (excluding diaryl/α,β-unsaturated/α-hetero) is 2. The molecule has 0 radical (unpaired) electrons. The number of carbonyl (C=O) groups is 2. The Morgan fingerprint density at radius 3 is 1.12 bits per heavy atom. The Bertz CT molecular complexity index is 2280. The number of benzene rings is 5. The van der Waals surface area contributed by atoms with Gasteiger partial charge in [0.2, 0.25) is 5.78 Å². The fourth-order valence-electron chi connectivity index (χ4n) is 6.83. The second-order valence-electron chi connectivity index (χ2n) is 12.8. The third-order valence-corrected chi connectivity index (χ3v) is 9.54. The van der Waals surface area contributed by atoms with Crippen LogP contribution in [0.15, 0.2) is 161 Å². The zero-order chi connectivity index (χ0) is 36.5. The van der Waals surface area contributed by atoms with Crippen LogP contribution in [0.1, 0.15) is 38.9 Å². The van der Waals surface area contributed by atoms with Crippen molar-refractivity contribution in [1.29, 1.82) is 0 Å². The molecule has 0 aliphatic heterocycles. The topological polar surface area (TPSA) is 156 Å². The van der Waals surface area contributed by atoms with Gasteiger partial charge in [0.05, 0.1) is 22.3 Å². The second-order valence-corrected chi connectivity index (χ2v) is 12.8. The number of allylic oxidation sites excluding steroid dienone is 5. The molecule has 0 unspecified atom stereocenters. The van der Waals surface area contributed by atoms with Gasteiger partial charge in [0.1, 0.15) is 34.5 Å². The number of aliphatic hydroxyl groups is 3. The molecule has 8 nitrogen and oxygen atoms in total. The quantitative estimate of drug-likeness (QED) is 0.0856. The molecular formula is C44H34O8. The van der Waals surface area contributed by atoms with E-state index in [1.54, 1.807) is 97.1 Å². The normalized spacial score (nSPS) is 16.1. The smallest absolute Gasteiger partial charge is 0.202 e. The molecule has 52 heavy (non-hydrogen) atoms. The molecule has 258 valence electrons. The lowest BCUT2D eigenvalue weighted by atomic mass is 9.74. The van der Waals surface area contributed by atoms with Gasteiger partial charge in [-0.15, -0.1) is 0 Å². The van der Waals surface area contributed by atoms with E-state index in [1.807, 2.05) is 24.3 Å². The average molecular weight is 691 g/mol. The number of hydrogen-bond acceptors (Lipinski definition) is 8. The lowest BCUT2D eigenvalue weighted by molar-refractivity contribution is -0.115. The summed E-state index contributed by atoms with van der Waals surface area (Å²) in [5.74, 6) is -5.17. The van der Waals surface area contributed by atoms with Crippen LogP contribution in [0.5, 0.6) is 17.2 Å². The second kappa shape index (κ2) is 13.8. The molecule has 0 amide bonds. The molecule has 0 fully saturated rings. The van der Waals surface area contributed by atoms with Gasteiger partial charge in [-0.3, -0.25) is 9.59 Å². The Kier molecular flexibility index (Phi) is 8.97. The summed E-state index contributed by atoms with van der Waals surface area (Å²) in [6, 6.07) is 35.9. The highest BCUT2D eigenvalue weighted by atomic mass is 16.3. The van der Waals surface area contributed by atoms with E-state index in [-0.39, 0.29) is 53.7 Å². The van der Waals surface area contributed by atoms with Crippen LogP contribution in [0.2, 0.25) is 0 Å². The maximum atomic E-state index is 14.2. The molecule has 0 bridgehead atoms. The summed E-state index contributed by atoms with van der Waals surface area (Å²) in [6.07, 6.45) is 0.0469. The van der Waals surface area contributed by atoms with Crippen molar-refractivity contribution in [2.75, 3.05) is 0 Å². The molecule has 8 heteroatoms. The fourth-order valence-corrected chi connectivity index (χ4v) is 6.83. The summed E-state index contributed by atoms with van der Waals surface area (Å²) >= 11 is 0. The van der Waals surface area contributed by atoms with E-state index in [1.165, 1.54) is 0 Å². The van der Waals surface area contributed by atoms with Gasteiger partial charge in [-0.2, -0.15) is 0 Å². The van der Waals surface area contributed by atoms with Gasteiger partial charge < -0.3 is 30.6 Å². The van der Waals surface area contributed by atoms with Crippen molar-refractivity contribution < 1.29 is 40.2 Å². The van der Waals surface area contributed by atoms with Crippen LogP contribution in [0.3, 0.4) is 0 Å². The minimum Gasteiger partial charge on any atom is -0.507 e. The SMILES string of the molecule is O=C1C(Cc2ccccc2)=C(O)C(Cc2ccccc2)=C(O)C1=C1C(=O)C(c2c(O)c(Cc3ccccc3)c(O)c(Cc3ccccc3)c2O)=C1O. The van der Waals surface area contributed by atoms with Gasteiger partial charge in [-0.1, -0.05) is 121 Å². The Morgan fingerprint density at radius 1 is 0.346 bits per heavy atom. The Labute approximate surface area is 299 Å². The standard InChI is InChI=1S/C44H34O8/c45-37-29(21-25-13-5-1-6-14-25)39(47)33(40(48)30(37)22-26-15-7-2-8-16-26)35-43(51)36(44(35)52)34-41(49)31(23-27-17-9-3-10-18-27)38(46)32(42(34)50)24-28-19-11-4-12-20-28/h1-20,45-49,51H,21-24H2. The first-order valence-electron chi connectivity index (χ1n) is 16.7. The third-order valence-electron chi connectivity index (χ3n) is 9.54. The van der Waals surface area contributed by atoms with Gasteiger partial charge in [0, 0.05) is 48.0 Å². The third kappa shape index (κ3) is 6.00. The van der Waals surface area contributed by atoms with E-state index in [0.29, 0.717) is 11.1 Å². The molecule has 0 saturated heterocycles. The molecule has 5 aromatic carbocycles. The summed E-state index contributed by atoms with van der Waals surface area (Å²) in [5.41, 5.74) is 0.951. The number of aliphatic hydroxyl groups excluding tert-OH is 3. The molecule has 7 rings (SSSR count). The molecule has 5 aromatic rings. The van der Waals surface area contributed by atoms with Gasteiger partial charge in [0.25, 0.3) is 0 Å². The monoisotopic (exact) mass is 690 g/mol. The summed E-state index contributed by atoms with van der Waals surface area (Å²) in [4.78, 5) is 28.3. The van der Waals surface area contributed by atoms with Gasteiger partial charge in [-0.05, 0) is 22.3 Å². The maximum absolute atomic E-state index is 14.2.